The van der Waals surface area contributed by atoms with Crippen molar-refractivity contribution in [2.24, 2.45) is 0 Å². The van der Waals surface area contributed by atoms with E-state index in [0.29, 0.717) is 24.6 Å². The Morgan fingerprint density at radius 3 is 2.80 bits per heavy atom. The molecule has 0 unspecified atom stereocenters. The number of nitrogens with one attached hydrogen (secondary N) is 1. The van der Waals surface area contributed by atoms with Crippen LogP contribution in [0.4, 0.5) is 0 Å². The maximum atomic E-state index is 12.3. The molecule has 0 aliphatic carbocycles. The third-order valence-electron chi connectivity index (χ3n) is 4.79. The van der Waals surface area contributed by atoms with Crippen LogP contribution in [-0.4, -0.2) is 22.1 Å². The van der Waals surface area contributed by atoms with Crippen LogP contribution in [0.2, 0.25) is 0 Å². The van der Waals surface area contributed by atoms with Gasteiger partial charge in [0.05, 0.1) is 29.0 Å². The molecule has 152 valence electrons. The number of hydrogen-bond donors (Lipinski definition) is 1. The summed E-state index contributed by atoms with van der Waals surface area (Å²) in [6.45, 7) is 5.31. The molecule has 4 rings (SSSR count). The molecule has 0 saturated heterocycles. The van der Waals surface area contributed by atoms with Crippen LogP contribution in [0, 0.1) is 0 Å². The maximum absolute atomic E-state index is 12.3. The summed E-state index contributed by atoms with van der Waals surface area (Å²) in [5.74, 6) is 1.59. The first kappa shape index (κ1) is 19.9. The Kier molecular flexibility index (Phi) is 6.25. The number of carbonyl (C=O) groups excluding carboxylic acids is 1. The van der Waals surface area contributed by atoms with Crippen LogP contribution >= 0.6 is 11.3 Å². The summed E-state index contributed by atoms with van der Waals surface area (Å²) >= 11 is 1.43. The van der Waals surface area contributed by atoms with Gasteiger partial charge >= 0.3 is 0 Å². The second-order valence-corrected chi connectivity index (χ2v) is 7.73. The van der Waals surface area contributed by atoms with Crippen molar-refractivity contribution in [2.45, 2.75) is 19.5 Å². The van der Waals surface area contributed by atoms with Gasteiger partial charge in [0.15, 0.2) is 0 Å². The molecule has 4 aromatic rings. The standard InChI is InChI=1S/C24H23N3O2S/c1-2-8-18-9-3-6-12-21(18)29-15-14-27-20-11-5-4-10-19(20)26-23(27)17-25-24(28)22-13-7-16-30-22/h2-7,9-13,16H,1,8,14-15,17H2,(H,25,28). The second-order valence-electron chi connectivity index (χ2n) is 6.78. The van der Waals surface area contributed by atoms with Gasteiger partial charge in [0.1, 0.15) is 18.2 Å². The molecule has 1 N–H and O–H groups in total. The number of fused-ring (bicyclic) bond motifs is 1. The average Bonchev–Trinajstić information content (AvgIpc) is 3.42. The molecule has 2 heterocycles. The second kappa shape index (κ2) is 9.41. The van der Waals surface area contributed by atoms with Crippen molar-refractivity contribution in [3.05, 3.63) is 95.0 Å². The fraction of sp³-hybridized carbons (Fsp3) is 0.167. The zero-order chi connectivity index (χ0) is 20.8. The smallest absolute Gasteiger partial charge is 0.261 e. The number of imidazole rings is 1. The van der Waals surface area contributed by atoms with Gasteiger partial charge in [-0.3, -0.25) is 4.79 Å². The van der Waals surface area contributed by atoms with Crippen molar-refractivity contribution in [1.29, 1.82) is 0 Å². The first-order valence-electron chi connectivity index (χ1n) is 9.83. The summed E-state index contributed by atoms with van der Waals surface area (Å²) in [6.07, 6.45) is 2.64. The topological polar surface area (TPSA) is 56.1 Å². The minimum atomic E-state index is -0.0850. The van der Waals surface area contributed by atoms with Crippen molar-refractivity contribution in [3.8, 4) is 5.75 Å². The normalized spacial score (nSPS) is 10.8. The van der Waals surface area contributed by atoms with Crippen LogP contribution in [0.1, 0.15) is 21.1 Å². The van der Waals surface area contributed by atoms with Crippen molar-refractivity contribution >= 4 is 28.3 Å². The van der Waals surface area contributed by atoms with Crippen LogP contribution in [-0.2, 0) is 19.5 Å². The number of amides is 1. The van der Waals surface area contributed by atoms with Crippen LogP contribution < -0.4 is 10.1 Å². The number of benzene rings is 2. The number of hydrogen-bond acceptors (Lipinski definition) is 4. The predicted molar refractivity (Wildman–Crippen MR) is 121 cm³/mol. The SMILES string of the molecule is C=CCc1ccccc1OCCn1c(CNC(=O)c2cccs2)nc2ccccc21. The highest BCUT2D eigenvalue weighted by Gasteiger charge is 2.13. The van der Waals surface area contributed by atoms with E-state index in [4.69, 9.17) is 9.72 Å². The van der Waals surface area contributed by atoms with E-state index in [1.54, 1.807) is 0 Å². The fourth-order valence-corrected chi connectivity index (χ4v) is 4.02. The Labute approximate surface area is 179 Å². The molecule has 2 aromatic carbocycles. The van der Waals surface area contributed by atoms with Crippen molar-refractivity contribution in [3.63, 3.8) is 0 Å². The molecular formula is C24H23N3O2S. The number of aromatic nitrogens is 2. The maximum Gasteiger partial charge on any atom is 0.261 e. The van der Waals surface area contributed by atoms with Crippen molar-refractivity contribution in [2.75, 3.05) is 6.61 Å². The van der Waals surface area contributed by atoms with E-state index in [9.17, 15) is 4.79 Å². The summed E-state index contributed by atoms with van der Waals surface area (Å²) in [5, 5.41) is 4.87. The first-order valence-corrected chi connectivity index (χ1v) is 10.7. The highest BCUT2D eigenvalue weighted by molar-refractivity contribution is 7.12. The molecule has 0 bridgehead atoms. The molecule has 2 aromatic heterocycles. The number of thiophene rings is 1. The van der Waals surface area contributed by atoms with Gasteiger partial charge in [-0.15, -0.1) is 17.9 Å². The largest absolute Gasteiger partial charge is 0.491 e. The molecule has 30 heavy (non-hydrogen) atoms. The summed E-state index contributed by atoms with van der Waals surface area (Å²) in [6, 6.07) is 19.7. The zero-order valence-corrected chi connectivity index (χ0v) is 17.4. The molecule has 0 saturated carbocycles. The number of para-hydroxylation sites is 3. The van der Waals surface area contributed by atoms with E-state index in [1.165, 1.54) is 11.3 Å². The first-order chi connectivity index (χ1) is 14.8. The zero-order valence-electron chi connectivity index (χ0n) is 16.6. The Morgan fingerprint density at radius 2 is 1.97 bits per heavy atom. The molecule has 0 aliphatic heterocycles. The number of nitrogens with zero attached hydrogens (tertiary/aromatic N) is 2. The lowest BCUT2D eigenvalue weighted by Gasteiger charge is -2.13. The molecule has 0 atom stereocenters. The summed E-state index contributed by atoms with van der Waals surface area (Å²) in [5.41, 5.74) is 3.05. The van der Waals surface area contributed by atoms with Gasteiger partial charge in [-0.05, 0) is 41.6 Å². The minimum Gasteiger partial charge on any atom is -0.491 e. The van der Waals surface area contributed by atoms with Crippen LogP contribution in [0.15, 0.2) is 78.7 Å². The van der Waals surface area contributed by atoms with Gasteiger partial charge in [-0.2, -0.15) is 0 Å². The van der Waals surface area contributed by atoms with Crippen LogP contribution in [0.3, 0.4) is 0 Å². The molecule has 0 radical (unpaired) electrons. The van der Waals surface area contributed by atoms with E-state index >= 15 is 0 Å². The Bertz CT molecular complexity index is 1150. The van der Waals surface area contributed by atoms with Gasteiger partial charge in [0.25, 0.3) is 5.91 Å². The molecule has 0 fully saturated rings. The highest BCUT2D eigenvalue weighted by atomic mass is 32.1. The highest BCUT2D eigenvalue weighted by Crippen LogP contribution is 2.20. The van der Waals surface area contributed by atoms with Crippen LogP contribution in [0.5, 0.6) is 5.75 Å². The van der Waals surface area contributed by atoms with Crippen molar-refractivity contribution < 1.29 is 9.53 Å². The number of rotatable bonds is 9. The van der Waals surface area contributed by atoms with E-state index in [2.05, 4.69) is 22.5 Å². The van der Waals surface area contributed by atoms with Gasteiger partial charge in [0, 0.05) is 0 Å². The van der Waals surface area contributed by atoms with Gasteiger partial charge < -0.3 is 14.6 Å². The lowest BCUT2D eigenvalue weighted by Crippen LogP contribution is -2.24. The van der Waals surface area contributed by atoms with Gasteiger partial charge in [-0.1, -0.05) is 42.5 Å². The third-order valence-corrected chi connectivity index (χ3v) is 5.66. The number of ether oxygens (including phenoxy) is 1. The summed E-state index contributed by atoms with van der Waals surface area (Å²) in [7, 11) is 0. The van der Waals surface area contributed by atoms with Gasteiger partial charge in [0.2, 0.25) is 0 Å². The molecule has 0 aliphatic rings. The van der Waals surface area contributed by atoms with Gasteiger partial charge in [-0.25, -0.2) is 4.98 Å². The van der Waals surface area contributed by atoms with E-state index in [1.807, 2.05) is 66.1 Å². The molecular weight excluding hydrogens is 394 g/mol. The van der Waals surface area contributed by atoms with Crippen LogP contribution in [0.25, 0.3) is 11.0 Å². The third kappa shape index (κ3) is 4.44. The lowest BCUT2D eigenvalue weighted by atomic mass is 10.1. The number of allylic oxidation sites excluding steroid dienone is 1. The average molecular weight is 418 g/mol. The summed E-state index contributed by atoms with van der Waals surface area (Å²) < 4.78 is 8.18. The quantitative estimate of drug-likeness (QED) is 0.397. The number of carbonyl (C=O) groups is 1. The predicted octanol–water partition coefficient (Wildman–Crippen LogP) is 4.84. The monoisotopic (exact) mass is 417 g/mol. The Balaban J connectivity index is 1.49. The molecule has 1 amide bonds. The molecule has 5 nitrogen and oxygen atoms in total. The van der Waals surface area contributed by atoms with E-state index in [0.717, 1.165) is 34.6 Å². The Morgan fingerprint density at radius 1 is 1.13 bits per heavy atom. The summed E-state index contributed by atoms with van der Waals surface area (Å²) in [4.78, 5) is 17.7. The Hall–Kier alpha value is -3.38. The fourth-order valence-electron chi connectivity index (χ4n) is 3.38. The van der Waals surface area contributed by atoms with E-state index in [-0.39, 0.29) is 5.91 Å². The lowest BCUT2D eigenvalue weighted by molar-refractivity contribution is 0.0953. The minimum absolute atomic E-state index is 0.0850. The molecule has 0 spiro atoms. The van der Waals surface area contributed by atoms with E-state index < -0.39 is 0 Å². The molecule has 6 heteroatoms. The van der Waals surface area contributed by atoms with Crippen molar-refractivity contribution in [1.82, 2.24) is 14.9 Å².